The van der Waals surface area contributed by atoms with Crippen molar-refractivity contribution in [3.8, 4) is 6.07 Å². The number of anilines is 1. The predicted octanol–water partition coefficient (Wildman–Crippen LogP) is 1.97. The van der Waals surface area contributed by atoms with Crippen LogP contribution in [-0.2, 0) is 0 Å². The quantitative estimate of drug-likeness (QED) is 0.720. The van der Waals surface area contributed by atoms with E-state index in [-0.39, 0.29) is 0 Å². The summed E-state index contributed by atoms with van der Waals surface area (Å²) in [4.78, 5) is 2.21. The van der Waals surface area contributed by atoms with Gasteiger partial charge in [-0.2, -0.15) is 10.4 Å². The smallest absolute Gasteiger partial charge is 0.169 e. The van der Waals surface area contributed by atoms with Crippen LogP contribution in [-0.4, -0.2) is 22.8 Å². The number of aromatic nitrogens is 2. The van der Waals surface area contributed by atoms with Gasteiger partial charge >= 0.3 is 0 Å². The molecule has 2 atom stereocenters. The predicted molar refractivity (Wildman–Crippen MR) is 62.0 cm³/mol. The van der Waals surface area contributed by atoms with Gasteiger partial charge in [-0.05, 0) is 31.7 Å². The van der Waals surface area contributed by atoms with Crippen LogP contribution in [0.1, 0.15) is 32.3 Å². The molecule has 0 saturated carbocycles. The highest BCUT2D eigenvalue weighted by Crippen LogP contribution is 2.28. The van der Waals surface area contributed by atoms with Gasteiger partial charge in [0.2, 0.25) is 0 Å². The van der Waals surface area contributed by atoms with Crippen LogP contribution in [0.25, 0.3) is 0 Å². The summed E-state index contributed by atoms with van der Waals surface area (Å²) in [5.41, 5.74) is 0.621. The van der Waals surface area contributed by atoms with Crippen molar-refractivity contribution in [3.05, 3.63) is 17.8 Å². The topological polar surface area (TPSA) is 52.8 Å². The van der Waals surface area contributed by atoms with Gasteiger partial charge in [0.15, 0.2) is 5.82 Å². The van der Waals surface area contributed by atoms with Gasteiger partial charge < -0.3 is 4.90 Å². The average Bonchev–Trinajstić information content (AvgIpc) is 2.33. The van der Waals surface area contributed by atoms with Gasteiger partial charge in [-0.1, -0.05) is 6.92 Å². The molecule has 4 nitrogen and oxygen atoms in total. The highest BCUT2D eigenvalue weighted by atomic mass is 15.3. The molecular weight excluding hydrogens is 200 g/mol. The molecule has 0 amide bonds. The van der Waals surface area contributed by atoms with E-state index < -0.39 is 0 Å². The number of nitrogens with zero attached hydrogens (tertiary/aromatic N) is 4. The number of hydrogen-bond donors (Lipinski definition) is 0. The van der Waals surface area contributed by atoms with Gasteiger partial charge in [0.1, 0.15) is 6.07 Å². The molecule has 0 radical (unpaired) electrons. The van der Waals surface area contributed by atoms with Crippen LogP contribution in [0, 0.1) is 17.2 Å². The Kier molecular flexibility index (Phi) is 3.04. The maximum atomic E-state index is 9.06. The van der Waals surface area contributed by atoms with Crippen molar-refractivity contribution in [3.63, 3.8) is 0 Å². The van der Waals surface area contributed by atoms with Gasteiger partial charge in [-0.3, -0.25) is 0 Å². The van der Waals surface area contributed by atoms with E-state index in [0.29, 0.717) is 17.5 Å². The second kappa shape index (κ2) is 4.48. The lowest BCUT2D eigenvalue weighted by Crippen LogP contribution is -2.43. The van der Waals surface area contributed by atoms with Crippen molar-refractivity contribution in [1.82, 2.24) is 10.2 Å². The number of hydrogen-bond acceptors (Lipinski definition) is 4. The first-order valence-corrected chi connectivity index (χ1v) is 5.72. The third-order valence-electron chi connectivity index (χ3n) is 3.47. The van der Waals surface area contributed by atoms with Crippen LogP contribution in [0.4, 0.5) is 5.82 Å². The molecule has 84 valence electrons. The van der Waals surface area contributed by atoms with E-state index in [4.69, 9.17) is 5.26 Å². The first-order chi connectivity index (χ1) is 7.74. The van der Waals surface area contributed by atoms with Crippen molar-refractivity contribution < 1.29 is 0 Å². The molecule has 0 bridgehead atoms. The molecule has 1 fully saturated rings. The molecule has 2 unspecified atom stereocenters. The third-order valence-corrected chi connectivity index (χ3v) is 3.47. The molecular formula is C12H16N4. The summed E-state index contributed by atoms with van der Waals surface area (Å²) in [5.74, 6) is 1.38. The highest BCUT2D eigenvalue weighted by molar-refractivity contribution is 5.53. The Labute approximate surface area is 95.9 Å². The Morgan fingerprint density at radius 2 is 2.31 bits per heavy atom. The minimum absolute atomic E-state index is 0.428. The van der Waals surface area contributed by atoms with Gasteiger partial charge in [0, 0.05) is 12.6 Å². The van der Waals surface area contributed by atoms with Crippen LogP contribution in [0.15, 0.2) is 12.3 Å². The summed E-state index contributed by atoms with van der Waals surface area (Å²) in [5, 5.41) is 17.1. The normalized spacial score (nSPS) is 25.2. The van der Waals surface area contributed by atoms with Crippen LogP contribution in [0.2, 0.25) is 0 Å². The fourth-order valence-electron chi connectivity index (χ4n) is 2.26. The fraction of sp³-hybridized carbons (Fsp3) is 0.583. The van der Waals surface area contributed by atoms with E-state index in [1.807, 2.05) is 0 Å². The van der Waals surface area contributed by atoms with Crippen LogP contribution in [0.5, 0.6) is 0 Å². The zero-order chi connectivity index (χ0) is 11.5. The van der Waals surface area contributed by atoms with Crippen molar-refractivity contribution in [2.45, 2.75) is 32.7 Å². The van der Waals surface area contributed by atoms with Crippen LogP contribution >= 0.6 is 0 Å². The Bertz CT molecular complexity index is 410. The zero-order valence-corrected chi connectivity index (χ0v) is 9.72. The number of piperidine rings is 1. The third kappa shape index (κ3) is 1.85. The Morgan fingerprint density at radius 3 is 3.06 bits per heavy atom. The molecule has 1 aromatic rings. The second-order valence-corrected chi connectivity index (χ2v) is 4.43. The lowest BCUT2D eigenvalue weighted by molar-refractivity contribution is 0.361. The summed E-state index contributed by atoms with van der Waals surface area (Å²) in [6.45, 7) is 5.41. The van der Waals surface area contributed by atoms with Crippen molar-refractivity contribution >= 4 is 5.82 Å². The Morgan fingerprint density at radius 1 is 1.50 bits per heavy atom. The number of rotatable bonds is 1. The highest BCUT2D eigenvalue weighted by Gasteiger charge is 2.27. The monoisotopic (exact) mass is 216 g/mol. The molecule has 0 spiro atoms. The zero-order valence-electron chi connectivity index (χ0n) is 9.72. The summed E-state index contributed by atoms with van der Waals surface area (Å²) in [7, 11) is 0. The van der Waals surface area contributed by atoms with Gasteiger partial charge in [0.25, 0.3) is 0 Å². The standard InChI is InChI=1S/C12H16N4/c1-9-4-3-7-16(10(9)2)12-11(8-13)5-6-14-15-12/h5-6,9-10H,3-4,7H2,1-2H3. The summed E-state index contributed by atoms with van der Waals surface area (Å²) < 4.78 is 0. The molecule has 0 aromatic carbocycles. The molecule has 0 N–H and O–H groups in total. The molecule has 2 heterocycles. The van der Waals surface area contributed by atoms with E-state index in [0.717, 1.165) is 18.8 Å². The largest absolute Gasteiger partial charge is 0.351 e. The van der Waals surface area contributed by atoms with E-state index in [1.165, 1.54) is 6.42 Å². The molecule has 1 saturated heterocycles. The SMILES string of the molecule is CC1CCCN(c2nnccc2C#N)C1C. The Balaban J connectivity index is 2.33. The number of nitriles is 1. The van der Waals surface area contributed by atoms with E-state index >= 15 is 0 Å². The summed E-state index contributed by atoms with van der Waals surface area (Å²) in [6, 6.07) is 4.34. The minimum atomic E-state index is 0.428. The van der Waals surface area contributed by atoms with E-state index in [2.05, 4.69) is 35.0 Å². The minimum Gasteiger partial charge on any atom is -0.351 e. The molecule has 4 heteroatoms. The average molecular weight is 216 g/mol. The Hall–Kier alpha value is -1.63. The second-order valence-electron chi connectivity index (χ2n) is 4.43. The molecule has 1 aromatic heterocycles. The van der Waals surface area contributed by atoms with Gasteiger partial charge in [-0.15, -0.1) is 5.10 Å². The summed E-state index contributed by atoms with van der Waals surface area (Å²) in [6.07, 6.45) is 3.98. The first-order valence-electron chi connectivity index (χ1n) is 5.72. The molecule has 2 rings (SSSR count). The van der Waals surface area contributed by atoms with Crippen molar-refractivity contribution in [2.75, 3.05) is 11.4 Å². The molecule has 16 heavy (non-hydrogen) atoms. The lowest BCUT2D eigenvalue weighted by atomic mass is 9.92. The molecule has 1 aliphatic rings. The van der Waals surface area contributed by atoms with Crippen molar-refractivity contribution in [2.24, 2.45) is 5.92 Å². The fourth-order valence-corrected chi connectivity index (χ4v) is 2.26. The maximum Gasteiger partial charge on any atom is 0.169 e. The van der Waals surface area contributed by atoms with Crippen LogP contribution in [0.3, 0.4) is 0 Å². The lowest BCUT2D eigenvalue weighted by Gasteiger charge is -2.38. The maximum absolute atomic E-state index is 9.06. The van der Waals surface area contributed by atoms with Crippen LogP contribution < -0.4 is 4.90 Å². The summed E-state index contributed by atoms with van der Waals surface area (Å²) >= 11 is 0. The molecule has 1 aliphatic heterocycles. The van der Waals surface area contributed by atoms with E-state index in [1.54, 1.807) is 12.3 Å². The van der Waals surface area contributed by atoms with Crippen molar-refractivity contribution in [1.29, 1.82) is 5.26 Å². The first kappa shape index (κ1) is 10.9. The molecule has 0 aliphatic carbocycles. The van der Waals surface area contributed by atoms with Gasteiger partial charge in [0.05, 0.1) is 11.8 Å². The van der Waals surface area contributed by atoms with Gasteiger partial charge in [-0.25, -0.2) is 0 Å². The van der Waals surface area contributed by atoms with E-state index in [9.17, 15) is 0 Å².